The summed E-state index contributed by atoms with van der Waals surface area (Å²) in [5.41, 5.74) is 4.22. The standard InChI is InChI=1S/C38H42N2O4/c1-25(2)23-40(34(42)19-14-26-10-6-4-7-11-26)30-17-16-29-31-22-28-15-18-33(43-3)36-35(28)38(29,37(30)44-36)20-21-39(31)24-32(41)27-12-8-5-9-13-27/h4-13,15,18,25,29-32,37,41H,16-17,20-24H2,1-3H3/t29-,30-,31+,32?,37-,38-/m0/s1. The van der Waals surface area contributed by atoms with E-state index in [4.69, 9.17) is 9.47 Å². The molecule has 2 aliphatic carbocycles. The molecule has 2 bridgehead atoms. The van der Waals surface area contributed by atoms with E-state index in [0.717, 1.165) is 54.9 Å². The predicted molar refractivity (Wildman–Crippen MR) is 171 cm³/mol. The van der Waals surface area contributed by atoms with Gasteiger partial charge in [-0.05, 0) is 73.4 Å². The van der Waals surface area contributed by atoms with Crippen LogP contribution in [0.3, 0.4) is 0 Å². The van der Waals surface area contributed by atoms with Crippen LogP contribution in [0.15, 0.2) is 72.8 Å². The minimum Gasteiger partial charge on any atom is -0.493 e. The van der Waals surface area contributed by atoms with Crippen LogP contribution in [0.5, 0.6) is 11.5 Å². The van der Waals surface area contributed by atoms with Crippen molar-refractivity contribution in [1.82, 2.24) is 9.80 Å². The third-order valence-electron chi connectivity index (χ3n) is 10.5. The molecule has 3 aromatic rings. The van der Waals surface area contributed by atoms with Gasteiger partial charge in [0.05, 0.1) is 19.3 Å². The normalized spacial score (nSPS) is 27.0. The summed E-state index contributed by atoms with van der Waals surface area (Å²) < 4.78 is 12.9. The van der Waals surface area contributed by atoms with E-state index < -0.39 is 6.10 Å². The summed E-state index contributed by atoms with van der Waals surface area (Å²) in [5.74, 6) is 8.26. The molecule has 6 atom stereocenters. The average molecular weight is 591 g/mol. The fourth-order valence-corrected chi connectivity index (χ4v) is 8.78. The van der Waals surface area contributed by atoms with Gasteiger partial charge in [0, 0.05) is 41.6 Å². The van der Waals surface area contributed by atoms with Crippen molar-refractivity contribution < 1.29 is 19.4 Å². The first-order valence-electron chi connectivity index (χ1n) is 16.1. The van der Waals surface area contributed by atoms with Crippen LogP contribution in [-0.4, -0.2) is 65.7 Å². The molecule has 1 saturated heterocycles. The molecule has 6 nitrogen and oxygen atoms in total. The van der Waals surface area contributed by atoms with Crippen molar-refractivity contribution in [3.8, 4) is 23.3 Å². The molecule has 0 aromatic heterocycles. The van der Waals surface area contributed by atoms with Gasteiger partial charge in [-0.25, -0.2) is 0 Å². The molecule has 228 valence electrons. The Labute approximate surface area is 261 Å². The van der Waals surface area contributed by atoms with Gasteiger partial charge in [0.2, 0.25) is 0 Å². The molecule has 2 fully saturated rings. The second kappa shape index (κ2) is 11.6. The maximum absolute atomic E-state index is 13.9. The quantitative estimate of drug-likeness (QED) is 0.375. The Hall–Kier alpha value is -3.79. The Bertz CT molecular complexity index is 1580. The molecule has 1 N–H and O–H groups in total. The fraction of sp³-hybridized carbons (Fsp3) is 0.447. The van der Waals surface area contributed by atoms with Gasteiger partial charge in [0.25, 0.3) is 5.91 Å². The summed E-state index contributed by atoms with van der Waals surface area (Å²) in [6.45, 7) is 6.44. The number of aliphatic hydroxyl groups is 1. The Morgan fingerprint density at radius 3 is 2.57 bits per heavy atom. The van der Waals surface area contributed by atoms with Crippen LogP contribution < -0.4 is 9.47 Å². The van der Waals surface area contributed by atoms with E-state index in [2.05, 4.69) is 36.7 Å². The van der Waals surface area contributed by atoms with Crippen LogP contribution in [0.2, 0.25) is 0 Å². The van der Waals surface area contributed by atoms with E-state index in [1.54, 1.807) is 7.11 Å². The highest BCUT2D eigenvalue weighted by Gasteiger charge is 2.66. The summed E-state index contributed by atoms with van der Waals surface area (Å²) in [5, 5.41) is 11.2. The number of aliphatic hydroxyl groups excluding tert-OH is 1. The highest BCUT2D eigenvalue weighted by molar-refractivity contribution is 5.94. The molecule has 2 aliphatic heterocycles. The monoisotopic (exact) mass is 590 g/mol. The Kier molecular flexibility index (Phi) is 7.64. The first-order valence-corrected chi connectivity index (χ1v) is 16.1. The zero-order valence-electron chi connectivity index (χ0n) is 25.9. The second-order valence-corrected chi connectivity index (χ2v) is 13.4. The van der Waals surface area contributed by atoms with Crippen molar-refractivity contribution in [2.24, 2.45) is 11.8 Å². The van der Waals surface area contributed by atoms with Gasteiger partial charge in [-0.2, -0.15) is 0 Å². The molecule has 3 aromatic carbocycles. The van der Waals surface area contributed by atoms with Crippen LogP contribution >= 0.6 is 0 Å². The molecule has 44 heavy (non-hydrogen) atoms. The fourth-order valence-electron chi connectivity index (χ4n) is 8.78. The van der Waals surface area contributed by atoms with Crippen molar-refractivity contribution in [2.75, 3.05) is 26.7 Å². The van der Waals surface area contributed by atoms with Crippen LogP contribution in [0.1, 0.15) is 61.5 Å². The van der Waals surface area contributed by atoms with E-state index >= 15 is 0 Å². The van der Waals surface area contributed by atoms with Crippen LogP contribution in [-0.2, 0) is 16.6 Å². The van der Waals surface area contributed by atoms with E-state index in [0.29, 0.717) is 31.0 Å². The maximum atomic E-state index is 13.9. The van der Waals surface area contributed by atoms with E-state index in [9.17, 15) is 9.90 Å². The van der Waals surface area contributed by atoms with Crippen molar-refractivity contribution in [1.29, 1.82) is 0 Å². The third kappa shape index (κ3) is 4.78. The van der Waals surface area contributed by atoms with Crippen molar-refractivity contribution >= 4 is 5.91 Å². The number of ether oxygens (including phenoxy) is 2. The Balaban J connectivity index is 1.25. The number of amides is 1. The number of hydrogen-bond acceptors (Lipinski definition) is 5. The summed E-state index contributed by atoms with van der Waals surface area (Å²) in [6.07, 6.45) is 3.00. The zero-order valence-corrected chi connectivity index (χ0v) is 25.9. The van der Waals surface area contributed by atoms with E-state index in [1.807, 2.05) is 71.6 Å². The molecule has 1 amide bonds. The second-order valence-electron chi connectivity index (χ2n) is 13.4. The number of likely N-dealkylation sites (tertiary alicyclic amines) is 1. The van der Waals surface area contributed by atoms with E-state index in [-0.39, 0.29) is 23.5 Å². The lowest BCUT2D eigenvalue weighted by molar-refractivity contribution is -0.138. The van der Waals surface area contributed by atoms with Crippen molar-refractivity contribution in [3.05, 3.63) is 95.1 Å². The van der Waals surface area contributed by atoms with Crippen LogP contribution in [0.25, 0.3) is 0 Å². The highest BCUT2D eigenvalue weighted by Crippen LogP contribution is 2.64. The van der Waals surface area contributed by atoms with Gasteiger partial charge >= 0.3 is 0 Å². The number of methoxy groups -OCH3 is 1. The first kappa shape index (κ1) is 29.0. The molecule has 1 unspecified atom stereocenters. The molecule has 2 heterocycles. The lowest BCUT2D eigenvalue weighted by Gasteiger charge is -2.60. The molecule has 4 aliphatic rings. The van der Waals surface area contributed by atoms with Crippen molar-refractivity contribution in [3.63, 3.8) is 0 Å². The first-order chi connectivity index (χ1) is 21.4. The van der Waals surface area contributed by atoms with Gasteiger partial charge in [0.15, 0.2) is 11.5 Å². The third-order valence-corrected chi connectivity index (χ3v) is 10.5. The molecular formula is C38H42N2O4. The Morgan fingerprint density at radius 2 is 1.84 bits per heavy atom. The number of β-amino-alcohol motifs (C(OH)–C–C–N with tert-alkyl or cyclic N) is 1. The minimum absolute atomic E-state index is 0.0867. The smallest absolute Gasteiger partial charge is 0.299 e. The van der Waals surface area contributed by atoms with Gasteiger partial charge in [-0.1, -0.05) is 74.4 Å². The number of piperidine rings is 1. The Morgan fingerprint density at radius 1 is 1.09 bits per heavy atom. The summed E-state index contributed by atoms with van der Waals surface area (Å²) in [6, 6.07) is 24.2. The van der Waals surface area contributed by atoms with Gasteiger partial charge < -0.3 is 19.5 Å². The predicted octanol–water partition coefficient (Wildman–Crippen LogP) is 5.37. The average Bonchev–Trinajstić information content (AvgIpc) is 3.39. The summed E-state index contributed by atoms with van der Waals surface area (Å²) in [7, 11) is 1.71. The molecule has 0 radical (unpaired) electrons. The number of carbonyl (C=O) groups is 1. The maximum Gasteiger partial charge on any atom is 0.299 e. The number of nitrogens with zero attached hydrogens (tertiary/aromatic N) is 2. The topological polar surface area (TPSA) is 62.2 Å². The SMILES string of the molecule is COc1ccc2c3c1O[C@H]1[C@@H](N(CC(C)C)C(=O)C#Cc4ccccc4)CC[C@H]4[C@@H](C2)N(CC(O)c2ccccc2)CC[C@@]341. The van der Waals surface area contributed by atoms with Gasteiger partial charge in [-0.3, -0.25) is 9.69 Å². The van der Waals surface area contributed by atoms with Gasteiger partial charge in [0.1, 0.15) is 6.10 Å². The molecule has 6 heteroatoms. The zero-order chi connectivity index (χ0) is 30.4. The summed E-state index contributed by atoms with van der Waals surface area (Å²) >= 11 is 0. The van der Waals surface area contributed by atoms with Crippen molar-refractivity contribution in [2.45, 2.75) is 69.2 Å². The lowest BCUT2D eigenvalue weighted by Crippen LogP contribution is -2.69. The lowest BCUT2D eigenvalue weighted by atomic mass is 9.51. The van der Waals surface area contributed by atoms with E-state index in [1.165, 1.54) is 11.1 Å². The number of rotatable bonds is 7. The van der Waals surface area contributed by atoms with Gasteiger partial charge in [-0.15, -0.1) is 0 Å². The van der Waals surface area contributed by atoms with Crippen LogP contribution in [0, 0.1) is 23.7 Å². The largest absolute Gasteiger partial charge is 0.493 e. The molecule has 1 spiro atoms. The highest BCUT2D eigenvalue weighted by atomic mass is 16.5. The summed E-state index contributed by atoms with van der Waals surface area (Å²) in [4.78, 5) is 18.5. The number of carbonyl (C=O) groups excluding carboxylic acids is 1. The molecule has 1 saturated carbocycles. The number of hydrogen-bond donors (Lipinski definition) is 1. The van der Waals surface area contributed by atoms with Crippen LogP contribution in [0.4, 0.5) is 0 Å². The molecule has 7 rings (SSSR count). The molecular weight excluding hydrogens is 548 g/mol. The minimum atomic E-state index is -0.535. The number of benzene rings is 3.